The Hall–Kier alpha value is -0.653. The molecule has 4 aliphatic rings. The molecule has 1 N–H and O–H groups in total. The van der Waals surface area contributed by atoms with Crippen LogP contribution in [0.25, 0.3) is 0 Å². The Balaban J connectivity index is 1.51. The zero-order valence-corrected chi connectivity index (χ0v) is 22.8. The molecule has 0 saturated heterocycles. The second kappa shape index (κ2) is 8.23. The highest BCUT2D eigenvalue weighted by atomic mass is 28.4. The van der Waals surface area contributed by atoms with Crippen molar-refractivity contribution in [2.24, 2.45) is 34.5 Å². The fourth-order valence-electron chi connectivity index (χ4n) is 7.92. The molecule has 4 aliphatic carbocycles. The zero-order valence-electron chi connectivity index (χ0n) is 21.8. The third kappa shape index (κ3) is 3.84. The summed E-state index contributed by atoms with van der Waals surface area (Å²) < 4.78 is 6.86. The van der Waals surface area contributed by atoms with Crippen molar-refractivity contribution in [3.05, 3.63) is 11.6 Å². The number of carbonyl (C=O) groups excluding carboxylic acids is 1. The van der Waals surface area contributed by atoms with Gasteiger partial charge in [-0.3, -0.25) is 9.63 Å². The number of hydroxylamine groups is 1. The quantitative estimate of drug-likeness (QED) is 0.290. The molecule has 0 aliphatic heterocycles. The van der Waals surface area contributed by atoms with Gasteiger partial charge in [-0.15, -0.1) is 0 Å². The minimum absolute atomic E-state index is 0.0949. The molecule has 0 bridgehead atoms. The predicted octanol–water partition coefficient (Wildman–Crippen LogP) is 6.63. The molecule has 0 aromatic heterocycles. The van der Waals surface area contributed by atoms with Crippen LogP contribution in [0.15, 0.2) is 11.6 Å². The summed E-state index contributed by atoms with van der Waals surface area (Å²) in [5.74, 6) is 2.34. The van der Waals surface area contributed by atoms with Gasteiger partial charge < -0.3 is 4.43 Å². The number of fused-ring (bicyclic) bond motifs is 5. The summed E-state index contributed by atoms with van der Waals surface area (Å²) in [6.45, 7) is 16.8. The standard InChI is InChI=1S/C27H47NO3Si/c1-25(2,3)32(7,8)31-19-13-15-26(4)18(17-19)9-10-20-21-11-12-23(24(29)28-30-6)27(21,5)16-14-22(20)26/h9,19-23H,10-17H2,1-8H3,(H,28,29)/t19-,20-,21-,22-,23+,26-,27-/m0/s1. The van der Waals surface area contributed by atoms with Gasteiger partial charge in [-0.25, -0.2) is 5.48 Å². The number of amides is 1. The summed E-state index contributed by atoms with van der Waals surface area (Å²) >= 11 is 0. The lowest BCUT2D eigenvalue weighted by atomic mass is 9.47. The molecule has 182 valence electrons. The van der Waals surface area contributed by atoms with Crippen LogP contribution in [-0.2, 0) is 14.1 Å². The molecule has 7 atom stereocenters. The van der Waals surface area contributed by atoms with Gasteiger partial charge in [0.05, 0.1) is 7.11 Å². The first-order valence-electron chi connectivity index (χ1n) is 13.0. The second-order valence-corrected chi connectivity index (χ2v) is 18.1. The third-order valence-corrected chi connectivity index (χ3v) is 15.4. The van der Waals surface area contributed by atoms with Crippen molar-refractivity contribution in [2.45, 2.75) is 110 Å². The molecule has 3 fully saturated rings. The van der Waals surface area contributed by atoms with Gasteiger partial charge in [0.25, 0.3) is 0 Å². The van der Waals surface area contributed by atoms with Gasteiger partial charge in [-0.05, 0) is 98.1 Å². The average Bonchev–Trinajstić information content (AvgIpc) is 3.04. The van der Waals surface area contributed by atoms with Gasteiger partial charge in [0, 0.05) is 12.0 Å². The molecule has 4 rings (SSSR count). The van der Waals surface area contributed by atoms with Crippen molar-refractivity contribution in [3.63, 3.8) is 0 Å². The average molecular weight is 462 g/mol. The van der Waals surface area contributed by atoms with E-state index in [1.165, 1.54) is 38.5 Å². The van der Waals surface area contributed by atoms with E-state index in [1.54, 1.807) is 12.7 Å². The Bertz CT molecular complexity index is 771. The smallest absolute Gasteiger partial charge is 0.247 e. The highest BCUT2D eigenvalue weighted by molar-refractivity contribution is 6.74. The number of nitrogens with one attached hydrogen (secondary N) is 1. The fourth-order valence-corrected chi connectivity index (χ4v) is 9.31. The topological polar surface area (TPSA) is 47.6 Å². The molecule has 4 nitrogen and oxygen atoms in total. The van der Waals surface area contributed by atoms with Crippen LogP contribution in [0.2, 0.25) is 18.1 Å². The van der Waals surface area contributed by atoms with Crippen LogP contribution in [0, 0.1) is 34.5 Å². The van der Waals surface area contributed by atoms with Crippen LogP contribution < -0.4 is 5.48 Å². The number of hydrogen-bond acceptors (Lipinski definition) is 3. The Morgan fingerprint density at radius 3 is 2.47 bits per heavy atom. The molecule has 0 heterocycles. The molecule has 3 saturated carbocycles. The zero-order chi connectivity index (χ0) is 23.5. The molecule has 1 amide bonds. The van der Waals surface area contributed by atoms with Crippen LogP contribution in [0.3, 0.4) is 0 Å². The van der Waals surface area contributed by atoms with E-state index < -0.39 is 8.32 Å². The summed E-state index contributed by atoms with van der Waals surface area (Å²) in [5, 5.41) is 0.266. The second-order valence-electron chi connectivity index (χ2n) is 13.3. The fraction of sp³-hybridized carbons (Fsp3) is 0.889. The highest BCUT2D eigenvalue weighted by Gasteiger charge is 2.60. The summed E-state index contributed by atoms with van der Waals surface area (Å²) in [6, 6.07) is 0. The lowest BCUT2D eigenvalue weighted by Gasteiger charge is -2.58. The van der Waals surface area contributed by atoms with E-state index in [2.05, 4.69) is 59.3 Å². The van der Waals surface area contributed by atoms with Gasteiger partial charge in [0.1, 0.15) is 0 Å². The number of carbonyl (C=O) groups is 1. The van der Waals surface area contributed by atoms with Crippen LogP contribution in [0.5, 0.6) is 0 Å². The Morgan fingerprint density at radius 1 is 1.09 bits per heavy atom. The van der Waals surface area contributed by atoms with E-state index in [0.29, 0.717) is 17.4 Å². The van der Waals surface area contributed by atoms with Crippen molar-refractivity contribution in [1.29, 1.82) is 0 Å². The first kappa shape index (κ1) is 24.5. The monoisotopic (exact) mass is 461 g/mol. The number of hydrogen-bond donors (Lipinski definition) is 1. The molecule has 32 heavy (non-hydrogen) atoms. The Labute approximate surface area is 197 Å². The molecular weight excluding hydrogens is 414 g/mol. The summed E-state index contributed by atoms with van der Waals surface area (Å²) in [6.07, 6.45) is 12.4. The van der Waals surface area contributed by atoms with Gasteiger partial charge in [0.2, 0.25) is 5.91 Å². The van der Waals surface area contributed by atoms with Crippen molar-refractivity contribution in [3.8, 4) is 0 Å². The predicted molar refractivity (Wildman–Crippen MR) is 132 cm³/mol. The van der Waals surface area contributed by atoms with Crippen LogP contribution in [-0.4, -0.2) is 27.4 Å². The largest absolute Gasteiger partial charge is 0.414 e. The van der Waals surface area contributed by atoms with Crippen LogP contribution in [0.4, 0.5) is 0 Å². The Kier molecular flexibility index (Phi) is 6.30. The van der Waals surface area contributed by atoms with E-state index in [9.17, 15) is 4.79 Å². The summed E-state index contributed by atoms with van der Waals surface area (Å²) in [4.78, 5) is 17.7. The molecule has 0 aromatic rings. The lowest BCUT2D eigenvalue weighted by molar-refractivity contribution is -0.142. The van der Waals surface area contributed by atoms with E-state index in [-0.39, 0.29) is 22.3 Å². The van der Waals surface area contributed by atoms with Gasteiger partial charge in [-0.2, -0.15) is 0 Å². The van der Waals surface area contributed by atoms with E-state index >= 15 is 0 Å². The summed E-state index contributed by atoms with van der Waals surface area (Å²) in [5.41, 5.74) is 4.77. The van der Waals surface area contributed by atoms with Gasteiger partial charge in [0.15, 0.2) is 8.32 Å². The molecule has 0 unspecified atom stereocenters. The lowest BCUT2D eigenvalue weighted by Crippen LogP contribution is -2.52. The summed E-state index contributed by atoms with van der Waals surface area (Å²) in [7, 11) is -0.191. The number of allylic oxidation sites excluding steroid dienone is 1. The van der Waals surface area contributed by atoms with E-state index in [1.807, 2.05) is 0 Å². The SMILES string of the molecule is CONC(=O)[C@H]1CC[C@H]2[C@@H]3CC=C4C[C@@H](O[Si](C)(C)C(C)(C)C)CC[C@]4(C)[C@H]3CC[C@]12C. The van der Waals surface area contributed by atoms with Crippen LogP contribution in [0.1, 0.15) is 86.0 Å². The van der Waals surface area contributed by atoms with Gasteiger partial charge in [-0.1, -0.05) is 46.3 Å². The third-order valence-electron chi connectivity index (χ3n) is 10.8. The van der Waals surface area contributed by atoms with Crippen LogP contribution >= 0.6 is 0 Å². The maximum Gasteiger partial charge on any atom is 0.247 e. The minimum Gasteiger partial charge on any atom is -0.414 e. The minimum atomic E-state index is -1.74. The number of rotatable bonds is 4. The molecule has 5 heteroatoms. The Morgan fingerprint density at radius 2 is 1.81 bits per heavy atom. The maximum absolute atomic E-state index is 12.7. The first-order chi connectivity index (χ1) is 14.8. The van der Waals surface area contributed by atoms with E-state index in [4.69, 9.17) is 9.26 Å². The van der Waals surface area contributed by atoms with Crippen molar-refractivity contribution in [2.75, 3.05) is 7.11 Å². The van der Waals surface area contributed by atoms with Crippen molar-refractivity contribution >= 4 is 14.2 Å². The van der Waals surface area contributed by atoms with Crippen molar-refractivity contribution < 1.29 is 14.1 Å². The van der Waals surface area contributed by atoms with Gasteiger partial charge >= 0.3 is 0 Å². The van der Waals surface area contributed by atoms with E-state index in [0.717, 1.165) is 24.7 Å². The first-order valence-corrected chi connectivity index (χ1v) is 15.9. The normalized spacial score (nSPS) is 41.9. The molecule has 0 spiro atoms. The molecular formula is C27H47NO3Si. The molecule has 0 radical (unpaired) electrons. The van der Waals surface area contributed by atoms with Crippen molar-refractivity contribution in [1.82, 2.24) is 5.48 Å². The highest BCUT2D eigenvalue weighted by Crippen LogP contribution is 2.66. The molecule has 0 aromatic carbocycles. The maximum atomic E-state index is 12.7.